The van der Waals surface area contributed by atoms with E-state index in [2.05, 4.69) is 5.10 Å². The Labute approximate surface area is 106 Å². The Kier molecular flexibility index (Phi) is 2.59. The van der Waals surface area contributed by atoms with Gasteiger partial charge in [0.1, 0.15) is 5.69 Å². The SMILES string of the molecule is Cn1ccc(C(=O)C2CC3CCC(C2)S3(=O)=O)n1. The molecular weight excluding hydrogens is 252 g/mol. The highest BCUT2D eigenvalue weighted by molar-refractivity contribution is 7.93. The zero-order valence-corrected chi connectivity index (χ0v) is 11.1. The van der Waals surface area contributed by atoms with Gasteiger partial charge in [-0.05, 0) is 31.7 Å². The standard InChI is InChI=1S/C12H16N2O3S/c1-14-5-4-11(13-14)12(15)8-6-9-2-3-10(7-8)18(9,16)17/h4-5,8-10H,2-3,6-7H2,1H3. The molecule has 2 aliphatic heterocycles. The fourth-order valence-electron chi connectivity index (χ4n) is 3.18. The molecule has 2 fully saturated rings. The second-order valence-electron chi connectivity index (χ2n) is 5.32. The first-order valence-corrected chi connectivity index (χ1v) is 7.86. The zero-order valence-electron chi connectivity index (χ0n) is 10.2. The predicted octanol–water partition coefficient (Wildman–Crippen LogP) is 0.959. The van der Waals surface area contributed by atoms with Crippen molar-refractivity contribution in [1.82, 2.24) is 9.78 Å². The van der Waals surface area contributed by atoms with Crippen molar-refractivity contribution in [2.24, 2.45) is 13.0 Å². The number of aromatic nitrogens is 2. The van der Waals surface area contributed by atoms with E-state index in [1.807, 2.05) is 0 Å². The third kappa shape index (κ3) is 1.70. The van der Waals surface area contributed by atoms with E-state index in [1.165, 1.54) is 0 Å². The molecule has 0 N–H and O–H groups in total. The van der Waals surface area contributed by atoms with E-state index in [-0.39, 0.29) is 22.2 Å². The summed E-state index contributed by atoms with van der Waals surface area (Å²) >= 11 is 0. The molecule has 5 nitrogen and oxygen atoms in total. The van der Waals surface area contributed by atoms with Gasteiger partial charge in [0.25, 0.3) is 0 Å². The molecule has 3 heterocycles. The quantitative estimate of drug-likeness (QED) is 0.749. The van der Waals surface area contributed by atoms with E-state index in [9.17, 15) is 13.2 Å². The minimum Gasteiger partial charge on any atom is -0.292 e. The molecule has 1 aromatic rings. The van der Waals surface area contributed by atoms with Crippen LogP contribution in [0, 0.1) is 5.92 Å². The number of hydrogen-bond acceptors (Lipinski definition) is 4. The topological polar surface area (TPSA) is 69.0 Å². The molecule has 6 heteroatoms. The van der Waals surface area contributed by atoms with Gasteiger partial charge in [-0.15, -0.1) is 0 Å². The Bertz CT molecular complexity index is 570. The van der Waals surface area contributed by atoms with Crippen molar-refractivity contribution < 1.29 is 13.2 Å². The van der Waals surface area contributed by atoms with Gasteiger partial charge in [0.15, 0.2) is 15.6 Å². The lowest BCUT2D eigenvalue weighted by molar-refractivity contribution is 0.0899. The van der Waals surface area contributed by atoms with Gasteiger partial charge in [-0.2, -0.15) is 5.10 Å². The van der Waals surface area contributed by atoms with Crippen LogP contribution in [-0.4, -0.2) is 34.5 Å². The Balaban J connectivity index is 1.82. The minimum absolute atomic E-state index is 0.00222. The van der Waals surface area contributed by atoms with E-state index >= 15 is 0 Å². The van der Waals surface area contributed by atoms with Crippen LogP contribution >= 0.6 is 0 Å². The summed E-state index contributed by atoms with van der Waals surface area (Å²) in [6, 6.07) is 1.70. The smallest absolute Gasteiger partial charge is 0.186 e. The van der Waals surface area contributed by atoms with E-state index in [0.717, 1.165) is 12.8 Å². The number of nitrogens with zero attached hydrogens (tertiary/aromatic N) is 2. The zero-order chi connectivity index (χ0) is 12.9. The van der Waals surface area contributed by atoms with E-state index in [0.29, 0.717) is 18.5 Å². The number of ketones is 1. The Morgan fingerprint density at radius 1 is 1.33 bits per heavy atom. The summed E-state index contributed by atoms with van der Waals surface area (Å²) in [4.78, 5) is 12.3. The normalized spacial score (nSPS) is 33.5. The van der Waals surface area contributed by atoms with Crippen LogP contribution in [0.5, 0.6) is 0 Å². The highest BCUT2D eigenvalue weighted by Crippen LogP contribution is 2.41. The second kappa shape index (κ2) is 3.91. The number of rotatable bonds is 2. The molecule has 98 valence electrons. The van der Waals surface area contributed by atoms with Crippen molar-refractivity contribution in [3.8, 4) is 0 Å². The van der Waals surface area contributed by atoms with E-state index < -0.39 is 9.84 Å². The van der Waals surface area contributed by atoms with Gasteiger partial charge in [0.2, 0.25) is 0 Å². The molecule has 0 aromatic carbocycles. The number of aryl methyl sites for hydroxylation is 1. The lowest BCUT2D eigenvalue weighted by atomic mass is 9.93. The second-order valence-corrected chi connectivity index (χ2v) is 7.83. The molecule has 0 amide bonds. The maximum absolute atomic E-state index is 12.3. The Morgan fingerprint density at radius 3 is 2.44 bits per heavy atom. The Morgan fingerprint density at radius 2 is 1.94 bits per heavy atom. The van der Waals surface area contributed by atoms with Crippen molar-refractivity contribution >= 4 is 15.6 Å². The van der Waals surface area contributed by atoms with Crippen LogP contribution in [0.2, 0.25) is 0 Å². The maximum Gasteiger partial charge on any atom is 0.186 e. The average molecular weight is 268 g/mol. The molecule has 1 aromatic heterocycles. The van der Waals surface area contributed by atoms with Crippen LogP contribution in [0.3, 0.4) is 0 Å². The molecule has 0 spiro atoms. The van der Waals surface area contributed by atoms with Crippen LogP contribution in [0.1, 0.15) is 36.2 Å². The van der Waals surface area contributed by atoms with Gasteiger partial charge in [-0.3, -0.25) is 9.48 Å². The van der Waals surface area contributed by atoms with Gasteiger partial charge in [-0.1, -0.05) is 0 Å². The van der Waals surface area contributed by atoms with Gasteiger partial charge in [0, 0.05) is 19.2 Å². The molecule has 2 atom stereocenters. The fourth-order valence-corrected chi connectivity index (χ4v) is 5.65. The lowest BCUT2D eigenvalue weighted by Gasteiger charge is -2.26. The highest BCUT2D eigenvalue weighted by atomic mass is 32.2. The molecule has 0 radical (unpaired) electrons. The first-order valence-electron chi connectivity index (χ1n) is 6.25. The largest absolute Gasteiger partial charge is 0.292 e. The lowest BCUT2D eigenvalue weighted by Crippen LogP contribution is -2.36. The number of fused-ring (bicyclic) bond motifs is 2. The summed E-state index contributed by atoms with van der Waals surface area (Å²) in [5.41, 5.74) is 0.459. The molecule has 3 rings (SSSR count). The van der Waals surface area contributed by atoms with Crippen molar-refractivity contribution in [1.29, 1.82) is 0 Å². The van der Waals surface area contributed by atoms with Crippen molar-refractivity contribution in [3.63, 3.8) is 0 Å². The van der Waals surface area contributed by atoms with Gasteiger partial charge < -0.3 is 0 Å². The summed E-state index contributed by atoms with van der Waals surface area (Å²) in [6.07, 6.45) is 4.14. The van der Waals surface area contributed by atoms with Crippen molar-refractivity contribution in [2.45, 2.75) is 36.2 Å². The first-order chi connectivity index (χ1) is 8.48. The fraction of sp³-hybridized carbons (Fsp3) is 0.667. The summed E-state index contributed by atoms with van der Waals surface area (Å²) < 4.78 is 25.5. The molecule has 0 aliphatic carbocycles. The third-order valence-corrected chi connectivity index (χ3v) is 6.89. The summed E-state index contributed by atoms with van der Waals surface area (Å²) in [7, 11) is -1.18. The van der Waals surface area contributed by atoms with Crippen molar-refractivity contribution in [3.05, 3.63) is 18.0 Å². The number of hydrogen-bond donors (Lipinski definition) is 0. The van der Waals surface area contributed by atoms with Crippen LogP contribution in [0.15, 0.2) is 12.3 Å². The molecule has 0 saturated carbocycles. The van der Waals surface area contributed by atoms with Crippen LogP contribution in [0.25, 0.3) is 0 Å². The summed E-state index contributed by atoms with van der Waals surface area (Å²) in [5, 5.41) is 3.52. The highest BCUT2D eigenvalue weighted by Gasteiger charge is 2.48. The third-order valence-electron chi connectivity index (χ3n) is 4.17. The van der Waals surface area contributed by atoms with Gasteiger partial charge in [0.05, 0.1) is 10.5 Å². The van der Waals surface area contributed by atoms with Gasteiger partial charge >= 0.3 is 0 Å². The molecule has 18 heavy (non-hydrogen) atoms. The van der Waals surface area contributed by atoms with Crippen LogP contribution in [-0.2, 0) is 16.9 Å². The summed E-state index contributed by atoms with van der Waals surface area (Å²) in [6.45, 7) is 0. The summed E-state index contributed by atoms with van der Waals surface area (Å²) in [5.74, 6) is -0.164. The number of carbonyl (C=O) groups excluding carboxylic acids is 1. The van der Waals surface area contributed by atoms with Crippen molar-refractivity contribution in [2.75, 3.05) is 0 Å². The van der Waals surface area contributed by atoms with E-state index in [1.54, 1.807) is 24.0 Å². The molecular formula is C12H16N2O3S. The van der Waals surface area contributed by atoms with E-state index in [4.69, 9.17) is 0 Å². The minimum atomic E-state index is -2.95. The Hall–Kier alpha value is -1.17. The molecule has 2 saturated heterocycles. The van der Waals surface area contributed by atoms with Gasteiger partial charge in [-0.25, -0.2) is 8.42 Å². The molecule has 2 aliphatic rings. The van der Waals surface area contributed by atoms with Crippen LogP contribution in [0.4, 0.5) is 0 Å². The number of carbonyl (C=O) groups is 1. The average Bonchev–Trinajstić information content (AvgIpc) is 2.75. The number of Topliss-reactive ketones (excluding diaryl/α,β-unsaturated/α-hetero) is 1. The molecule has 2 bridgehead atoms. The monoisotopic (exact) mass is 268 g/mol. The first kappa shape index (κ1) is 11.9. The maximum atomic E-state index is 12.3. The predicted molar refractivity (Wildman–Crippen MR) is 66.0 cm³/mol. The molecule has 2 unspecified atom stereocenters. The number of sulfone groups is 1. The van der Waals surface area contributed by atoms with Crippen LogP contribution < -0.4 is 0 Å².